The van der Waals surface area contributed by atoms with Crippen molar-refractivity contribution in [1.29, 1.82) is 5.26 Å². The fraction of sp³-hybridized carbons (Fsp3) is 0.0870. The molecule has 0 N–H and O–H groups in total. The van der Waals surface area contributed by atoms with Crippen molar-refractivity contribution in [2.24, 2.45) is 0 Å². The van der Waals surface area contributed by atoms with Crippen molar-refractivity contribution < 1.29 is 9.47 Å². The molecule has 0 unspecified atom stereocenters. The lowest BCUT2D eigenvalue weighted by Crippen LogP contribution is -2.01. The van der Waals surface area contributed by atoms with E-state index in [0.717, 1.165) is 24.7 Å². The molecule has 0 aliphatic carbocycles. The van der Waals surface area contributed by atoms with E-state index in [2.05, 4.69) is 44.6 Å². The summed E-state index contributed by atoms with van der Waals surface area (Å²) in [5.41, 5.74) is 3.06. The van der Waals surface area contributed by atoms with E-state index in [9.17, 15) is 5.26 Å². The fourth-order valence-corrected chi connectivity index (χ4v) is 4.24. The SMILES string of the molecule is COc1cc(/C=C(/C#N)c2ccc(Br)cc2)cc(I)c1OCc1ccc(Cl)cc1Cl. The number of benzene rings is 3. The summed E-state index contributed by atoms with van der Waals surface area (Å²) in [4.78, 5) is 0. The maximum atomic E-state index is 9.61. The van der Waals surface area contributed by atoms with E-state index >= 15 is 0 Å². The zero-order valence-electron chi connectivity index (χ0n) is 15.8. The number of ether oxygens (including phenoxy) is 2. The molecule has 0 atom stereocenters. The first-order valence-corrected chi connectivity index (χ1v) is 11.4. The fourth-order valence-electron chi connectivity index (χ4n) is 2.73. The Kier molecular flexibility index (Phi) is 8.06. The third-order valence-electron chi connectivity index (χ3n) is 4.23. The number of nitrogens with zero attached hydrogens (tertiary/aromatic N) is 1. The highest BCUT2D eigenvalue weighted by Crippen LogP contribution is 2.36. The van der Waals surface area contributed by atoms with Crippen molar-refractivity contribution >= 4 is 73.4 Å². The molecule has 0 saturated carbocycles. The monoisotopic (exact) mass is 613 g/mol. The first kappa shape index (κ1) is 23.0. The van der Waals surface area contributed by atoms with Gasteiger partial charge in [-0.3, -0.25) is 0 Å². The summed E-state index contributed by atoms with van der Waals surface area (Å²) in [5, 5.41) is 10.7. The second kappa shape index (κ2) is 10.5. The van der Waals surface area contributed by atoms with Gasteiger partial charge in [-0.2, -0.15) is 5.26 Å². The van der Waals surface area contributed by atoms with E-state index in [0.29, 0.717) is 27.1 Å². The molecule has 7 heteroatoms. The number of halogens is 4. The molecule has 3 rings (SSSR count). The largest absolute Gasteiger partial charge is 0.493 e. The van der Waals surface area contributed by atoms with Gasteiger partial charge >= 0.3 is 0 Å². The Morgan fingerprint density at radius 3 is 2.50 bits per heavy atom. The second-order valence-electron chi connectivity index (χ2n) is 6.24. The number of hydrogen-bond acceptors (Lipinski definition) is 3. The zero-order valence-corrected chi connectivity index (χ0v) is 21.0. The summed E-state index contributed by atoms with van der Waals surface area (Å²) in [6.07, 6.45) is 1.83. The average molecular weight is 615 g/mol. The van der Waals surface area contributed by atoms with Gasteiger partial charge in [-0.15, -0.1) is 0 Å². The van der Waals surface area contributed by atoms with Gasteiger partial charge in [0.2, 0.25) is 0 Å². The van der Waals surface area contributed by atoms with Crippen molar-refractivity contribution in [2.45, 2.75) is 6.61 Å². The van der Waals surface area contributed by atoms with E-state index in [1.807, 2.05) is 48.5 Å². The molecule has 3 aromatic rings. The van der Waals surface area contributed by atoms with Crippen LogP contribution in [0.5, 0.6) is 11.5 Å². The molecule has 0 radical (unpaired) electrons. The second-order valence-corrected chi connectivity index (χ2v) is 9.16. The lowest BCUT2D eigenvalue weighted by molar-refractivity contribution is 0.282. The van der Waals surface area contributed by atoms with Gasteiger partial charge in [0.25, 0.3) is 0 Å². The Labute approximate surface area is 207 Å². The van der Waals surface area contributed by atoms with E-state index in [-0.39, 0.29) is 6.61 Å². The van der Waals surface area contributed by atoms with Crippen LogP contribution in [-0.4, -0.2) is 7.11 Å². The Morgan fingerprint density at radius 1 is 1.13 bits per heavy atom. The zero-order chi connectivity index (χ0) is 21.7. The van der Waals surface area contributed by atoms with Crippen LogP contribution >= 0.6 is 61.7 Å². The van der Waals surface area contributed by atoms with E-state index in [4.69, 9.17) is 32.7 Å². The summed E-state index contributed by atoms with van der Waals surface area (Å²) in [6.45, 7) is 0.278. The normalized spacial score (nSPS) is 11.1. The van der Waals surface area contributed by atoms with Crippen LogP contribution < -0.4 is 9.47 Å². The van der Waals surface area contributed by atoms with Crippen molar-refractivity contribution in [3.8, 4) is 17.6 Å². The predicted octanol–water partition coefficient (Wildman–Crippen LogP) is 8.01. The Balaban J connectivity index is 1.89. The standard InChI is InChI=1S/C23H15BrCl2INO2/c1-29-22-10-14(8-17(12-28)15-2-5-18(24)6-3-15)9-21(27)23(22)30-13-16-4-7-19(25)11-20(16)26/h2-11H,13H2,1H3/b17-8-. The third kappa shape index (κ3) is 5.70. The van der Waals surface area contributed by atoms with Gasteiger partial charge in [0.05, 0.1) is 22.3 Å². The number of methoxy groups -OCH3 is 1. The topological polar surface area (TPSA) is 42.2 Å². The Morgan fingerprint density at radius 2 is 1.87 bits per heavy atom. The minimum Gasteiger partial charge on any atom is -0.493 e. The Hall–Kier alpha value is -1.72. The van der Waals surface area contributed by atoms with Gasteiger partial charge in [-0.1, -0.05) is 57.3 Å². The van der Waals surface area contributed by atoms with Crippen LogP contribution in [0, 0.1) is 14.9 Å². The highest BCUT2D eigenvalue weighted by atomic mass is 127. The maximum Gasteiger partial charge on any atom is 0.174 e. The van der Waals surface area contributed by atoms with E-state index in [1.165, 1.54) is 0 Å². The van der Waals surface area contributed by atoms with E-state index in [1.54, 1.807) is 19.2 Å². The van der Waals surface area contributed by atoms with Crippen molar-refractivity contribution in [1.82, 2.24) is 0 Å². The molecule has 0 saturated heterocycles. The van der Waals surface area contributed by atoms with Crippen LogP contribution in [-0.2, 0) is 6.61 Å². The van der Waals surface area contributed by atoms with Gasteiger partial charge < -0.3 is 9.47 Å². The van der Waals surface area contributed by atoms with Gasteiger partial charge in [0.1, 0.15) is 6.61 Å². The van der Waals surface area contributed by atoms with Crippen LogP contribution in [0.15, 0.2) is 59.1 Å². The summed E-state index contributed by atoms with van der Waals surface area (Å²) in [5.74, 6) is 1.19. The van der Waals surface area contributed by atoms with Gasteiger partial charge in [0, 0.05) is 20.1 Å². The molecule has 0 fully saturated rings. The summed E-state index contributed by atoms with van der Waals surface area (Å²) in [6, 6.07) is 18.9. The lowest BCUT2D eigenvalue weighted by Gasteiger charge is -2.14. The molecule has 0 amide bonds. The smallest absolute Gasteiger partial charge is 0.174 e. The molecule has 0 heterocycles. The molecule has 3 aromatic carbocycles. The molecule has 0 bridgehead atoms. The molecule has 0 aliphatic rings. The van der Waals surface area contributed by atoms with Crippen LogP contribution in [0.3, 0.4) is 0 Å². The molecule has 0 spiro atoms. The van der Waals surface area contributed by atoms with Crippen LogP contribution in [0.4, 0.5) is 0 Å². The van der Waals surface area contributed by atoms with Gasteiger partial charge in [-0.25, -0.2) is 0 Å². The summed E-state index contributed by atoms with van der Waals surface area (Å²) >= 11 is 17.8. The van der Waals surface area contributed by atoms with Crippen molar-refractivity contribution in [3.05, 3.63) is 89.4 Å². The molecule has 30 heavy (non-hydrogen) atoms. The van der Waals surface area contributed by atoms with Gasteiger partial charge in [0.15, 0.2) is 11.5 Å². The van der Waals surface area contributed by atoms with Crippen molar-refractivity contribution in [3.63, 3.8) is 0 Å². The third-order valence-corrected chi connectivity index (χ3v) is 6.14. The number of rotatable bonds is 6. The molecule has 0 aromatic heterocycles. The predicted molar refractivity (Wildman–Crippen MR) is 134 cm³/mol. The Bertz CT molecular complexity index is 1140. The minimum atomic E-state index is 0.278. The highest BCUT2D eigenvalue weighted by Gasteiger charge is 2.13. The quantitative estimate of drug-likeness (QED) is 0.160. The van der Waals surface area contributed by atoms with Crippen LogP contribution in [0.25, 0.3) is 11.6 Å². The maximum absolute atomic E-state index is 9.61. The highest BCUT2D eigenvalue weighted by molar-refractivity contribution is 14.1. The van der Waals surface area contributed by atoms with Crippen LogP contribution in [0.2, 0.25) is 10.0 Å². The number of allylic oxidation sites excluding steroid dienone is 1. The molecule has 3 nitrogen and oxygen atoms in total. The minimum absolute atomic E-state index is 0.278. The summed E-state index contributed by atoms with van der Waals surface area (Å²) < 4.78 is 13.4. The summed E-state index contributed by atoms with van der Waals surface area (Å²) in [7, 11) is 1.58. The number of nitriles is 1. The first-order valence-electron chi connectivity index (χ1n) is 8.73. The van der Waals surface area contributed by atoms with E-state index < -0.39 is 0 Å². The molecular weight excluding hydrogens is 600 g/mol. The molecule has 0 aliphatic heterocycles. The first-order chi connectivity index (χ1) is 14.4. The number of hydrogen-bond donors (Lipinski definition) is 0. The average Bonchev–Trinajstić information content (AvgIpc) is 2.72. The van der Waals surface area contributed by atoms with Crippen molar-refractivity contribution in [2.75, 3.05) is 7.11 Å². The molecule has 152 valence electrons. The van der Waals surface area contributed by atoms with Gasteiger partial charge in [-0.05, 0) is 76.2 Å². The lowest BCUT2D eigenvalue weighted by atomic mass is 10.0. The van der Waals surface area contributed by atoms with Crippen LogP contribution in [0.1, 0.15) is 16.7 Å². The molecular formula is C23H15BrCl2INO2.